The van der Waals surface area contributed by atoms with Crippen LogP contribution in [-0.2, 0) is 11.2 Å². The average Bonchev–Trinajstić information content (AvgIpc) is 2.51. The van der Waals surface area contributed by atoms with E-state index in [0.717, 1.165) is 5.56 Å². The van der Waals surface area contributed by atoms with Crippen molar-refractivity contribution in [2.45, 2.75) is 19.4 Å². The van der Waals surface area contributed by atoms with Gasteiger partial charge < -0.3 is 24.8 Å². The highest BCUT2D eigenvalue weighted by Gasteiger charge is 2.18. The molecule has 0 amide bonds. The van der Waals surface area contributed by atoms with Gasteiger partial charge in [-0.25, -0.2) is 0 Å². The molecule has 1 atom stereocenters. The third kappa shape index (κ3) is 3.62. The molecular weight excluding hydrogens is 284 g/mol. The fourth-order valence-corrected chi connectivity index (χ4v) is 2.28. The summed E-state index contributed by atoms with van der Waals surface area (Å²) in [6.07, 6.45) is 0.275. The summed E-state index contributed by atoms with van der Waals surface area (Å²) in [7, 11) is 1.42. The van der Waals surface area contributed by atoms with Crippen molar-refractivity contribution in [1.29, 1.82) is 0 Å². The Bertz CT molecular complexity index is 622. The molecule has 5 nitrogen and oxygen atoms in total. The fourth-order valence-electron chi connectivity index (χ4n) is 2.28. The maximum Gasteiger partial charge on any atom is 0.200 e. The second-order valence-corrected chi connectivity index (χ2v) is 4.91. The number of phenols is 3. The molecule has 0 radical (unpaired) electrons. The molecule has 1 unspecified atom stereocenters. The van der Waals surface area contributed by atoms with E-state index < -0.39 is 0 Å². The summed E-state index contributed by atoms with van der Waals surface area (Å²) < 4.78 is 10.8. The highest BCUT2D eigenvalue weighted by atomic mass is 16.5. The Labute approximate surface area is 129 Å². The number of hydrogen-bond donors (Lipinski definition) is 3. The molecule has 0 aromatic heterocycles. The van der Waals surface area contributed by atoms with Gasteiger partial charge in [0.15, 0.2) is 11.5 Å². The SMILES string of the molecule is CCOC(Cc1ccc(O)cc1)c1cc(O)c(O)c(OC)c1. The lowest BCUT2D eigenvalue weighted by molar-refractivity contribution is 0.0624. The first kappa shape index (κ1) is 16.0. The van der Waals surface area contributed by atoms with Gasteiger partial charge in [-0.2, -0.15) is 0 Å². The average molecular weight is 304 g/mol. The molecule has 2 aromatic rings. The summed E-state index contributed by atoms with van der Waals surface area (Å²) in [6, 6.07) is 9.99. The molecule has 0 saturated heterocycles. The van der Waals surface area contributed by atoms with Gasteiger partial charge in [-0.3, -0.25) is 0 Å². The van der Waals surface area contributed by atoms with E-state index in [1.54, 1.807) is 18.2 Å². The van der Waals surface area contributed by atoms with Crippen LogP contribution in [-0.4, -0.2) is 29.0 Å². The Morgan fingerprint density at radius 2 is 1.73 bits per heavy atom. The van der Waals surface area contributed by atoms with Gasteiger partial charge in [-0.1, -0.05) is 12.1 Å². The predicted molar refractivity (Wildman–Crippen MR) is 82.5 cm³/mol. The second kappa shape index (κ2) is 7.04. The van der Waals surface area contributed by atoms with Crippen LogP contribution in [0.4, 0.5) is 0 Å². The standard InChI is InChI=1S/C17H20O5/c1-3-22-15(8-11-4-6-13(18)7-5-11)12-9-14(19)17(20)16(10-12)21-2/h4-7,9-10,15,18-20H,3,8H2,1-2H3. The van der Waals surface area contributed by atoms with Gasteiger partial charge in [0.1, 0.15) is 5.75 Å². The quantitative estimate of drug-likeness (QED) is 0.715. The van der Waals surface area contributed by atoms with Crippen molar-refractivity contribution in [3.63, 3.8) is 0 Å². The molecule has 0 spiro atoms. The minimum Gasteiger partial charge on any atom is -0.508 e. The molecule has 0 saturated carbocycles. The largest absolute Gasteiger partial charge is 0.508 e. The van der Waals surface area contributed by atoms with Crippen molar-refractivity contribution >= 4 is 0 Å². The fraction of sp³-hybridized carbons (Fsp3) is 0.294. The van der Waals surface area contributed by atoms with Crippen LogP contribution in [0.2, 0.25) is 0 Å². The van der Waals surface area contributed by atoms with Crippen LogP contribution in [0.15, 0.2) is 36.4 Å². The zero-order chi connectivity index (χ0) is 16.1. The van der Waals surface area contributed by atoms with Crippen molar-refractivity contribution in [1.82, 2.24) is 0 Å². The van der Waals surface area contributed by atoms with E-state index in [4.69, 9.17) is 9.47 Å². The van der Waals surface area contributed by atoms with Gasteiger partial charge >= 0.3 is 0 Å². The first-order valence-corrected chi connectivity index (χ1v) is 7.04. The molecule has 0 aliphatic heterocycles. The van der Waals surface area contributed by atoms with Gasteiger partial charge in [0.05, 0.1) is 13.2 Å². The van der Waals surface area contributed by atoms with E-state index in [2.05, 4.69) is 0 Å². The van der Waals surface area contributed by atoms with E-state index in [-0.39, 0.29) is 29.1 Å². The van der Waals surface area contributed by atoms with Crippen LogP contribution in [0.5, 0.6) is 23.0 Å². The van der Waals surface area contributed by atoms with E-state index >= 15 is 0 Å². The van der Waals surface area contributed by atoms with E-state index in [9.17, 15) is 15.3 Å². The van der Waals surface area contributed by atoms with Crippen molar-refractivity contribution in [2.24, 2.45) is 0 Å². The third-order valence-electron chi connectivity index (χ3n) is 3.39. The van der Waals surface area contributed by atoms with Crippen LogP contribution in [0.25, 0.3) is 0 Å². The molecule has 0 aliphatic rings. The molecule has 0 heterocycles. The van der Waals surface area contributed by atoms with E-state index in [1.165, 1.54) is 13.2 Å². The van der Waals surface area contributed by atoms with Crippen LogP contribution >= 0.6 is 0 Å². The predicted octanol–water partition coefficient (Wildman–Crippen LogP) is 3.13. The van der Waals surface area contributed by atoms with Crippen LogP contribution in [0.3, 0.4) is 0 Å². The molecule has 3 N–H and O–H groups in total. The first-order chi connectivity index (χ1) is 10.5. The van der Waals surface area contributed by atoms with Gasteiger partial charge in [0.25, 0.3) is 0 Å². The molecular formula is C17H20O5. The number of rotatable bonds is 6. The lowest BCUT2D eigenvalue weighted by Gasteiger charge is -2.19. The minimum absolute atomic E-state index is 0.199. The smallest absolute Gasteiger partial charge is 0.200 e. The summed E-state index contributed by atoms with van der Waals surface area (Å²) in [6.45, 7) is 2.40. The summed E-state index contributed by atoms with van der Waals surface area (Å²) in [4.78, 5) is 0. The van der Waals surface area contributed by atoms with Gasteiger partial charge in [-0.15, -0.1) is 0 Å². The Morgan fingerprint density at radius 3 is 2.32 bits per heavy atom. The summed E-state index contributed by atoms with van der Waals surface area (Å²) in [5.74, 6) is -0.123. The lowest BCUT2D eigenvalue weighted by Crippen LogP contribution is -2.08. The molecule has 22 heavy (non-hydrogen) atoms. The summed E-state index contributed by atoms with van der Waals surface area (Å²) >= 11 is 0. The first-order valence-electron chi connectivity index (χ1n) is 7.04. The van der Waals surface area contributed by atoms with Crippen molar-refractivity contribution in [3.8, 4) is 23.0 Å². The molecule has 0 bridgehead atoms. The van der Waals surface area contributed by atoms with Crippen molar-refractivity contribution in [2.75, 3.05) is 13.7 Å². The molecule has 2 aromatic carbocycles. The van der Waals surface area contributed by atoms with Crippen molar-refractivity contribution < 1.29 is 24.8 Å². The van der Waals surface area contributed by atoms with E-state index in [0.29, 0.717) is 18.6 Å². The topological polar surface area (TPSA) is 79.2 Å². The maximum atomic E-state index is 9.81. The highest BCUT2D eigenvalue weighted by Crippen LogP contribution is 2.39. The zero-order valence-electron chi connectivity index (χ0n) is 12.6. The number of benzene rings is 2. The zero-order valence-corrected chi connectivity index (χ0v) is 12.6. The second-order valence-electron chi connectivity index (χ2n) is 4.91. The van der Waals surface area contributed by atoms with Crippen LogP contribution in [0.1, 0.15) is 24.2 Å². The van der Waals surface area contributed by atoms with Crippen molar-refractivity contribution in [3.05, 3.63) is 47.5 Å². The Balaban J connectivity index is 2.31. The number of phenolic OH excluding ortho intramolecular Hbond substituents is 3. The number of methoxy groups -OCH3 is 1. The number of aromatic hydroxyl groups is 3. The monoisotopic (exact) mass is 304 g/mol. The van der Waals surface area contributed by atoms with Gasteiger partial charge in [0.2, 0.25) is 5.75 Å². The normalized spacial score (nSPS) is 12.1. The van der Waals surface area contributed by atoms with Gasteiger partial charge in [-0.05, 0) is 42.3 Å². The molecule has 2 rings (SSSR count). The van der Waals surface area contributed by atoms with Crippen LogP contribution < -0.4 is 4.74 Å². The molecule has 5 heteroatoms. The number of ether oxygens (including phenoxy) is 2. The Kier molecular flexibility index (Phi) is 5.12. The third-order valence-corrected chi connectivity index (χ3v) is 3.39. The Hall–Kier alpha value is -2.40. The molecule has 118 valence electrons. The Morgan fingerprint density at radius 1 is 1.05 bits per heavy atom. The van der Waals surface area contributed by atoms with Crippen LogP contribution in [0, 0.1) is 0 Å². The maximum absolute atomic E-state index is 9.81. The summed E-state index contributed by atoms with van der Waals surface area (Å²) in [5.41, 5.74) is 1.70. The highest BCUT2D eigenvalue weighted by molar-refractivity contribution is 5.52. The number of hydrogen-bond acceptors (Lipinski definition) is 5. The van der Waals surface area contributed by atoms with E-state index in [1.807, 2.05) is 19.1 Å². The lowest BCUT2D eigenvalue weighted by atomic mass is 10.00. The summed E-state index contributed by atoms with van der Waals surface area (Å²) in [5, 5.41) is 28.9. The minimum atomic E-state index is -0.296. The van der Waals surface area contributed by atoms with Gasteiger partial charge in [0, 0.05) is 13.0 Å². The molecule has 0 fully saturated rings. The molecule has 0 aliphatic carbocycles.